The van der Waals surface area contributed by atoms with Gasteiger partial charge in [-0.1, -0.05) is 54.6 Å². The molecule has 0 unspecified atom stereocenters. The number of aromatic nitrogens is 4. The van der Waals surface area contributed by atoms with Crippen molar-refractivity contribution < 1.29 is 0 Å². The van der Waals surface area contributed by atoms with Crippen molar-refractivity contribution >= 4 is 21.9 Å². The van der Waals surface area contributed by atoms with Gasteiger partial charge in [0.15, 0.2) is 0 Å². The summed E-state index contributed by atoms with van der Waals surface area (Å²) in [5.74, 6) is 0. The summed E-state index contributed by atoms with van der Waals surface area (Å²) in [7, 11) is 1.76. The molecule has 3 aromatic carbocycles. The second kappa shape index (κ2) is 8.82. The topological polar surface area (TPSA) is 76.5 Å². The van der Waals surface area contributed by atoms with Crippen molar-refractivity contribution in [2.24, 2.45) is 7.05 Å². The lowest BCUT2D eigenvalue weighted by atomic mass is 9.86. The van der Waals surface area contributed by atoms with Crippen LogP contribution in [0.1, 0.15) is 19.4 Å². The van der Waals surface area contributed by atoms with E-state index < -0.39 is 5.41 Å². The molecule has 3 aromatic heterocycles. The molecular weight excluding hydrogens is 470 g/mol. The molecule has 0 aliphatic carbocycles. The molecule has 184 valence electrons. The van der Waals surface area contributed by atoms with Crippen molar-refractivity contribution in [3.8, 4) is 34.1 Å². The van der Waals surface area contributed by atoms with E-state index in [0.29, 0.717) is 0 Å². The van der Waals surface area contributed by atoms with Crippen molar-refractivity contribution in [3.63, 3.8) is 0 Å². The highest BCUT2D eigenvalue weighted by Crippen LogP contribution is 2.31. The molecule has 0 amide bonds. The molecule has 6 nitrogen and oxygen atoms in total. The third kappa shape index (κ3) is 3.77. The summed E-state index contributed by atoms with van der Waals surface area (Å²) in [6.07, 6.45) is 3.63. The van der Waals surface area contributed by atoms with E-state index in [1.807, 2.05) is 92.8 Å². The molecule has 0 saturated heterocycles. The third-order valence-corrected chi connectivity index (χ3v) is 7.18. The summed E-state index contributed by atoms with van der Waals surface area (Å²) in [6, 6.07) is 30.2. The summed E-state index contributed by atoms with van der Waals surface area (Å²) in [5.41, 5.74) is 7.19. The molecule has 0 atom stereocenters. The smallest absolute Gasteiger partial charge is 0.293 e. The zero-order valence-electron chi connectivity index (χ0n) is 21.4. The first-order valence-electron chi connectivity index (χ1n) is 12.4. The molecule has 0 saturated carbocycles. The number of rotatable bonds is 4. The van der Waals surface area contributed by atoms with Gasteiger partial charge in [0.05, 0.1) is 45.6 Å². The normalized spacial score (nSPS) is 11.6. The molecule has 0 spiro atoms. The second-order valence-corrected chi connectivity index (χ2v) is 9.98. The first kappa shape index (κ1) is 23.4. The predicted octanol–water partition coefficient (Wildman–Crippen LogP) is 6.41. The van der Waals surface area contributed by atoms with Crippen LogP contribution >= 0.6 is 0 Å². The van der Waals surface area contributed by atoms with Gasteiger partial charge in [-0.15, -0.1) is 0 Å². The average molecular weight is 496 g/mol. The van der Waals surface area contributed by atoms with Crippen molar-refractivity contribution in [1.29, 1.82) is 5.26 Å². The Kier molecular flexibility index (Phi) is 5.43. The maximum absolute atomic E-state index is 13.4. The van der Waals surface area contributed by atoms with Crippen molar-refractivity contribution in [3.05, 3.63) is 113 Å². The third-order valence-electron chi connectivity index (χ3n) is 7.18. The molecule has 0 N–H and O–H groups in total. The molecule has 0 aliphatic heterocycles. The van der Waals surface area contributed by atoms with Gasteiger partial charge in [0.1, 0.15) is 0 Å². The van der Waals surface area contributed by atoms with E-state index >= 15 is 0 Å². The van der Waals surface area contributed by atoms with Gasteiger partial charge in [-0.2, -0.15) is 5.26 Å². The highest BCUT2D eigenvalue weighted by molar-refractivity contribution is 6.04. The van der Waals surface area contributed by atoms with E-state index in [1.165, 1.54) is 0 Å². The van der Waals surface area contributed by atoms with Crippen LogP contribution in [0.4, 0.5) is 0 Å². The van der Waals surface area contributed by atoms with Crippen LogP contribution in [-0.2, 0) is 12.5 Å². The molecule has 3 heterocycles. The molecule has 38 heavy (non-hydrogen) atoms. The van der Waals surface area contributed by atoms with Crippen molar-refractivity contribution in [1.82, 2.24) is 19.1 Å². The number of nitrogens with zero attached hydrogens (tertiary/aromatic N) is 5. The van der Waals surface area contributed by atoms with Crippen molar-refractivity contribution in [2.75, 3.05) is 0 Å². The lowest BCUT2D eigenvalue weighted by Gasteiger charge is -2.16. The first-order valence-corrected chi connectivity index (χ1v) is 12.4. The van der Waals surface area contributed by atoms with E-state index in [2.05, 4.69) is 28.2 Å². The Bertz CT molecular complexity index is 1910. The highest BCUT2D eigenvalue weighted by Gasteiger charge is 2.21. The summed E-state index contributed by atoms with van der Waals surface area (Å²) in [5, 5.41) is 10.4. The Morgan fingerprint density at radius 3 is 2.24 bits per heavy atom. The Morgan fingerprint density at radius 1 is 0.816 bits per heavy atom. The molecular formula is C32H25N5O. The average Bonchev–Trinajstić information content (AvgIpc) is 3.23. The largest absolute Gasteiger partial charge is 0.333 e. The number of pyridine rings is 2. The second-order valence-electron chi connectivity index (χ2n) is 9.98. The maximum atomic E-state index is 13.4. The molecule has 6 aromatic rings. The van der Waals surface area contributed by atoms with Gasteiger partial charge < -0.3 is 0 Å². The van der Waals surface area contributed by atoms with E-state index in [1.54, 1.807) is 22.4 Å². The standard InChI is InChI=1S/C32H25N5O/c1-32(2,20-33)24-11-13-25(14-12-24)37-30-26-17-22(9-16-28(26)35-19-29(30)36(3)31(37)38)23-10-15-27(34-18-23)21-7-5-4-6-8-21/h4-19H,1-3H3. The number of hydrogen-bond donors (Lipinski definition) is 0. The van der Waals surface area contributed by atoms with Gasteiger partial charge in [-0.25, -0.2) is 4.79 Å². The van der Waals surface area contributed by atoms with Crippen LogP contribution in [-0.4, -0.2) is 19.1 Å². The van der Waals surface area contributed by atoms with E-state index in [9.17, 15) is 10.1 Å². The van der Waals surface area contributed by atoms with E-state index in [4.69, 9.17) is 0 Å². The lowest BCUT2D eigenvalue weighted by molar-refractivity contribution is 0.686. The van der Waals surface area contributed by atoms with Gasteiger partial charge in [-0.3, -0.25) is 19.1 Å². The molecule has 6 heteroatoms. The predicted molar refractivity (Wildman–Crippen MR) is 151 cm³/mol. The Morgan fingerprint density at radius 2 is 1.55 bits per heavy atom. The molecule has 0 fully saturated rings. The fraction of sp³-hybridized carbons (Fsp3) is 0.125. The van der Waals surface area contributed by atoms with Crippen LogP contribution < -0.4 is 5.69 Å². The number of hydrogen-bond acceptors (Lipinski definition) is 4. The number of aryl methyl sites for hydroxylation is 1. The molecule has 6 rings (SSSR count). The monoisotopic (exact) mass is 495 g/mol. The van der Waals surface area contributed by atoms with Gasteiger partial charge in [-0.05, 0) is 55.3 Å². The summed E-state index contributed by atoms with van der Waals surface area (Å²) in [4.78, 5) is 22.8. The molecule has 0 aliphatic rings. The van der Waals surface area contributed by atoms with Gasteiger partial charge in [0.25, 0.3) is 0 Å². The quantitative estimate of drug-likeness (QED) is 0.283. The zero-order valence-corrected chi connectivity index (χ0v) is 21.4. The number of benzene rings is 3. The SMILES string of the molecule is Cn1c(=O)n(-c2ccc(C(C)(C)C#N)cc2)c2c3cc(-c4ccc(-c5ccccc5)nc4)ccc3ncc21. The molecule has 0 bridgehead atoms. The fourth-order valence-corrected chi connectivity index (χ4v) is 4.85. The van der Waals surface area contributed by atoms with E-state index in [-0.39, 0.29) is 5.69 Å². The lowest BCUT2D eigenvalue weighted by Crippen LogP contribution is -2.21. The Labute approximate surface area is 220 Å². The highest BCUT2D eigenvalue weighted by atomic mass is 16.1. The maximum Gasteiger partial charge on any atom is 0.333 e. The van der Waals surface area contributed by atoms with Crippen LogP contribution in [0.2, 0.25) is 0 Å². The summed E-state index contributed by atoms with van der Waals surface area (Å²) >= 11 is 0. The van der Waals surface area contributed by atoms with Crippen LogP contribution in [0.3, 0.4) is 0 Å². The van der Waals surface area contributed by atoms with Crippen LogP contribution in [0.25, 0.3) is 50.0 Å². The van der Waals surface area contributed by atoms with Crippen molar-refractivity contribution in [2.45, 2.75) is 19.3 Å². The Balaban J connectivity index is 1.51. The fourth-order valence-electron chi connectivity index (χ4n) is 4.85. The summed E-state index contributed by atoms with van der Waals surface area (Å²) < 4.78 is 3.35. The number of fused-ring (bicyclic) bond motifs is 3. The summed E-state index contributed by atoms with van der Waals surface area (Å²) in [6.45, 7) is 3.77. The minimum Gasteiger partial charge on any atom is -0.293 e. The van der Waals surface area contributed by atoms with Crippen LogP contribution in [0.15, 0.2) is 102 Å². The first-order chi connectivity index (χ1) is 18.4. The number of imidazole rings is 1. The van der Waals surface area contributed by atoms with Gasteiger partial charge >= 0.3 is 5.69 Å². The minimum atomic E-state index is -0.613. The van der Waals surface area contributed by atoms with Gasteiger partial charge in [0, 0.05) is 29.8 Å². The van der Waals surface area contributed by atoms with E-state index in [0.717, 1.165) is 55.6 Å². The van der Waals surface area contributed by atoms with Gasteiger partial charge in [0.2, 0.25) is 0 Å². The van der Waals surface area contributed by atoms with Crippen LogP contribution in [0.5, 0.6) is 0 Å². The number of nitriles is 1. The van der Waals surface area contributed by atoms with Crippen LogP contribution in [0, 0.1) is 11.3 Å². The minimum absolute atomic E-state index is 0.152. The molecule has 0 radical (unpaired) electrons. The Hall–Kier alpha value is -5.02. The zero-order chi connectivity index (χ0) is 26.4.